The molecule has 5 heteroatoms. The minimum Gasteiger partial charge on any atom is -0.396 e. The molecule has 1 aromatic rings. The molecule has 1 unspecified atom stereocenters. The molecule has 0 bridgehead atoms. The van der Waals surface area contributed by atoms with Crippen molar-refractivity contribution in [3.63, 3.8) is 0 Å². The van der Waals surface area contributed by atoms with Gasteiger partial charge in [0.2, 0.25) is 0 Å². The lowest BCUT2D eigenvalue weighted by molar-refractivity contribution is 0.208. The van der Waals surface area contributed by atoms with Crippen LogP contribution >= 0.6 is 11.8 Å². The summed E-state index contributed by atoms with van der Waals surface area (Å²) in [5.74, 6) is 1.37. The van der Waals surface area contributed by atoms with E-state index in [1.165, 1.54) is 0 Å². The summed E-state index contributed by atoms with van der Waals surface area (Å²) in [6.45, 7) is 2.21. The number of rotatable bonds is 3. The molecule has 1 aliphatic rings. The van der Waals surface area contributed by atoms with Crippen LogP contribution in [0.2, 0.25) is 0 Å². The van der Waals surface area contributed by atoms with Crippen LogP contribution in [0.3, 0.4) is 0 Å². The largest absolute Gasteiger partial charge is 0.396 e. The predicted octanol–water partition coefficient (Wildman–Crippen LogP) is 1.41. The van der Waals surface area contributed by atoms with Gasteiger partial charge in [-0.25, -0.2) is 9.97 Å². The molecule has 1 saturated heterocycles. The van der Waals surface area contributed by atoms with E-state index in [1.807, 2.05) is 12.3 Å². The topological polar surface area (TPSA) is 49.2 Å². The lowest BCUT2D eigenvalue weighted by Gasteiger charge is -2.32. The number of anilines is 1. The maximum Gasteiger partial charge on any atom is 0.133 e. The second kappa shape index (κ2) is 5.50. The molecule has 1 aromatic heterocycles. The second-order valence-corrected chi connectivity index (χ2v) is 4.88. The zero-order valence-corrected chi connectivity index (χ0v) is 10.3. The summed E-state index contributed by atoms with van der Waals surface area (Å²) in [5.41, 5.74) is 0. The Morgan fingerprint density at radius 2 is 2.44 bits per heavy atom. The molecule has 0 aliphatic carbocycles. The van der Waals surface area contributed by atoms with Gasteiger partial charge < -0.3 is 10.0 Å². The van der Waals surface area contributed by atoms with Crippen LogP contribution < -0.4 is 4.90 Å². The lowest BCUT2D eigenvalue weighted by Crippen LogP contribution is -2.37. The predicted molar refractivity (Wildman–Crippen MR) is 65.8 cm³/mol. The van der Waals surface area contributed by atoms with Gasteiger partial charge in [0, 0.05) is 25.8 Å². The summed E-state index contributed by atoms with van der Waals surface area (Å²) >= 11 is 1.63. The molecule has 2 heterocycles. The van der Waals surface area contributed by atoms with E-state index >= 15 is 0 Å². The minimum atomic E-state index is 0.275. The van der Waals surface area contributed by atoms with Gasteiger partial charge in [0.15, 0.2) is 0 Å². The van der Waals surface area contributed by atoms with E-state index in [2.05, 4.69) is 14.9 Å². The Kier molecular flexibility index (Phi) is 4.01. The standard InChI is InChI=1S/C11H17N3OS/c1-16-11-5-10(12-8-13-11)14-4-2-3-9(6-14)7-15/h5,8-9,15H,2-4,6-7H2,1H3. The van der Waals surface area contributed by atoms with Gasteiger partial charge >= 0.3 is 0 Å². The van der Waals surface area contributed by atoms with Crippen LogP contribution in [-0.2, 0) is 0 Å². The summed E-state index contributed by atoms with van der Waals surface area (Å²) in [5, 5.41) is 10.2. The van der Waals surface area contributed by atoms with E-state index in [4.69, 9.17) is 0 Å². The molecule has 0 saturated carbocycles. The van der Waals surface area contributed by atoms with Gasteiger partial charge in [-0.05, 0) is 25.0 Å². The van der Waals surface area contributed by atoms with Crippen LogP contribution in [0.25, 0.3) is 0 Å². The number of thioether (sulfide) groups is 1. The first-order valence-corrected chi connectivity index (χ1v) is 6.78. The Bertz CT molecular complexity index is 348. The molecule has 1 fully saturated rings. The first kappa shape index (κ1) is 11.7. The van der Waals surface area contributed by atoms with Crippen LogP contribution in [-0.4, -0.2) is 41.0 Å². The third-order valence-electron chi connectivity index (χ3n) is 2.94. The van der Waals surface area contributed by atoms with E-state index in [9.17, 15) is 5.11 Å². The van der Waals surface area contributed by atoms with Crippen LogP contribution in [0, 0.1) is 5.92 Å². The van der Waals surface area contributed by atoms with E-state index in [1.54, 1.807) is 18.1 Å². The highest BCUT2D eigenvalue weighted by atomic mass is 32.2. The smallest absolute Gasteiger partial charge is 0.133 e. The Morgan fingerprint density at radius 1 is 1.56 bits per heavy atom. The SMILES string of the molecule is CSc1cc(N2CCCC(CO)C2)ncn1. The van der Waals surface area contributed by atoms with E-state index in [0.717, 1.165) is 36.8 Å². The quantitative estimate of drug-likeness (QED) is 0.638. The number of hydrogen-bond donors (Lipinski definition) is 1. The fourth-order valence-corrected chi connectivity index (χ4v) is 2.41. The van der Waals surface area contributed by atoms with Gasteiger partial charge in [-0.3, -0.25) is 0 Å². The summed E-state index contributed by atoms with van der Waals surface area (Å²) in [7, 11) is 0. The van der Waals surface area contributed by atoms with Crippen molar-refractivity contribution in [1.29, 1.82) is 0 Å². The van der Waals surface area contributed by atoms with Gasteiger partial charge in [-0.1, -0.05) is 0 Å². The third-order valence-corrected chi connectivity index (χ3v) is 3.58. The Hall–Kier alpha value is -0.810. The van der Waals surface area contributed by atoms with Gasteiger partial charge in [0.05, 0.1) is 0 Å². The van der Waals surface area contributed by atoms with Gasteiger partial charge in [0.25, 0.3) is 0 Å². The minimum absolute atomic E-state index is 0.275. The normalized spacial score (nSPS) is 21.1. The van der Waals surface area contributed by atoms with Crippen molar-refractivity contribution < 1.29 is 5.11 Å². The Balaban J connectivity index is 2.10. The van der Waals surface area contributed by atoms with Crippen molar-refractivity contribution in [2.75, 3.05) is 30.9 Å². The average molecular weight is 239 g/mol. The molecule has 0 amide bonds. The van der Waals surface area contributed by atoms with Crippen molar-refractivity contribution in [2.45, 2.75) is 17.9 Å². The Labute approximate surface area is 100 Å². The van der Waals surface area contributed by atoms with Crippen LogP contribution in [0.4, 0.5) is 5.82 Å². The van der Waals surface area contributed by atoms with E-state index in [-0.39, 0.29) is 6.61 Å². The van der Waals surface area contributed by atoms with Gasteiger partial charge in [0.1, 0.15) is 17.2 Å². The lowest BCUT2D eigenvalue weighted by atomic mass is 9.99. The van der Waals surface area contributed by atoms with Crippen molar-refractivity contribution in [3.8, 4) is 0 Å². The van der Waals surface area contributed by atoms with E-state index in [0.29, 0.717) is 5.92 Å². The molecule has 0 spiro atoms. The first-order valence-electron chi connectivity index (χ1n) is 5.55. The maximum absolute atomic E-state index is 9.19. The molecule has 0 aromatic carbocycles. The fraction of sp³-hybridized carbons (Fsp3) is 0.636. The van der Waals surface area contributed by atoms with Gasteiger partial charge in [-0.15, -0.1) is 11.8 Å². The fourth-order valence-electron chi connectivity index (χ4n) is 2.04. The number of nitrogens with zero attached hydrogens (tertiary/aromatic N) is 3. The molecule has 2 rings (SSSR count). The molecule has 1 atom stereocenters. The highest BCUT2D eigenvalue weighted by molar-refractivity contribution is 7.98. The van der Waals surface area contributed by atoms with Crippen molar-refractivity contribution in [2.24, 2.45) is 5.92 Å². The highest BCUT2D eigenvalue weighted by Crippen LogP contribution is 2.23. The summed E-state index contributed by atoms with van der Waals surface area (Å²) in [6.07, 6.45) is 5.87. The number of aromatic nitrogens is 2. The molecule has 1 aliphatic heterocycles. The molecular weight excluding hydrogens is 222 g/mol. The summed E-state index contributed by atoms with van der Waals surface area (Å²) in [4.78, 5) is 10.7. The number of aliphatic hydroxyl groups is 1. The molecule has 4 nitrogen and oxygen atoms in total. The molecule has 16 heavy (non-hydrogen) atoms. The van der Waals surface area contributed by atoms with Crippen molar-refractivity contribution in [3.05, 3.63) is 12.4 Å². The molecular formula is C11H17N3OS. The number of aliphatic hydroxyl groups excluding tert-OH is 1. The Morgan fingerprint density at radius 3 is 3.19 bits per heavy atom. The molecule has 1 N–H and O–H groups in total. The van der Waals surface area contributed by atoms with Crippen molar-refractivity contribution in [1.82, 2.24) is 9.97 Å². The number of hydrogen-bond acceptors (Lipinski definition) is 5. The molecule has 88 valence electrons. The average Bonchev–Trinajstić information content (AvgIpc) is 2.39. The first-order chi connectivity index (χ1) is 7.83. The second-order valence-electron chi connectivity index (χ2n) is 4.06. The monoisotopic (exact) mass is 239 g/mol. The van der Waals surface area contributed by atoms with E-state index < -0.39 is 0 Å². The van der Waals surface area contributed by atoms with Gasteiger partial charge in [-0.2, -0.15) is 0 Å². The van der Waals surface area contributed by atoms with Crippen LogP contribution in [0.1, 0.15) is 12.8 Å². The molecule has 0 radical (unpaired) electrons. The van der Waals surface area contributed by atoms with Crippen LogP contribution in [0.15, 0.2) is 17.4 Å². The third kappa shape index (κ3) is 2.65. The summed E-state index contributed by atoms with van der Waals surface area (Å²) in [6, 6.07) is 2.02. The zero-order valence-electron chi connectivity index (χ0n) is 9.46. The zero-order chi connectivity index (χ0) is 11.4. The number of piperidine rings is 1. The van der Waals surface area contributed by atoms with Crippen molar-refractivity contribution >= 4 is 17.6 Å². The van der Waals surface area contributed by atoms with Crippen LogP contribution in [0.5, 0.6) is 0 Å². The maximum atomic E-state index is 9.19. The summed E-state index contributed by atoms with van der Waals surface area (Å²) < 4.78 is 0. The highest BCUT2D eigenvalue weighted by Gasteiger charge is 2.20.